The minimum atomic E-state index is 0.106. The smallest absolute Gasteiger partial charge is 0.224 e. The van der Waals surface area contributed by atoms with Crippen molar-refractivity contribution in [2.75, 3.05) is 10.6 Å². The van der Waals surface area contributed by atoms with E-state index >= 15 is 0 Å². The normalized spacial score (nSPS) is 10.2. The third kappa shape index (κ3) is 5.87. The summed E-state index contributed by atoms with van der Waals surface area (Å²) in [6, 6.07) is 8.12. The van der Waals surface area contributed by atoms with Crippen LogP contribution >= 0.6 is 15.9 Å². The van der Waals surface area contributed by atoms with E-state index in [1.807, 2.05) is 12.1 Å². The monoisotopic (exact) mass is 297 g/mol. The second-order valence-electron chi connectivity index (χ2n) is 4.14. The molecule has 0 bridgehead atoms. The molecule has 1 N–H and O–H groups in total. The Morgan fingerprint density at radius 1 is 1.24 bits per heavy atom. The number of hydrogen-bond donors (Lipinski definition) is 1. The molecule has 2 nitrogen and oxygen atoms in total. The van der Waals surface area contributed by atoms with Crippen LogP contribution < -0.4 is 5.32 Å². The van der Waals surface area contributed by atoms with E-state index in [2.05, 4.69) is 40.3 Å². The van der Waals surface area contributed by atoms with Crippen LogP contribution in [-0.4, -0.2) is 11.2 Å². The fourth-order valence-electron chi connectivity index (χ4n) is 1.65. The van der Waals surface area contributed by atoms with Crippen molar-refractivity contribution in [3.8, 4) is 0 Å². The van der Waals surface area contributed by atoms with Gasteiger partial charge in [-0.1, -0.05) is 41.4 Å². The molecule has 94 valence electrons. The van der Waals surface area contributed by atoms with E-state index in [9.17, 15) is 4.79 Å². The van der Waals surface area contributed by atoms with Gasteiger partial charge in [0.05, 0.1) is 0 Å². The van der Waals surface area contributed by atoms with E-state index in [-0.39, 0.29) is 5.91 Å². The Kier molecular flexibility index (Phi) is 6.94. The number of carbonyl (C=O) groups excluding carboxylic acids is 1. The molecule has 0 radical (unpaired) electrons. The molecule has 1 amide bonds. The van der Waals surface area contributed by atoms with Gasteiger partial charge in [-0.05, 0) is 37.0 Å². The highest BCUT2D eigenvalue weighted by Gasteiger charge is 2.01. The molecule has 3 heteroatoms. The van der Waals surface area contributed by atoms with Crippen molar-refractivity contribution in [2.45, 2.75) is 39.0 Å². The second kappa shape index (κ2) is 8.29. The summed E-state index contributed by atoms with van der Waals surface area (Å²) in [4.78, 5) is 11.6. The molecule has 0 aliphatic rings. The molecule has 0 saturated heterocycles. The first-order chi connectivity index (χ1) is 8.26. The topological polar surface area (TPSA) is 29.1 Å². The number of unbranched alkanes of at least 4 members (excludes halogenated alkanes) is 1. The fraction of sp³-hybridized carbons (Fsp3) is 0.500. The maximum absolute atomic E-state index is 11.6. The van der Waals surface area contributed by atoms with Crippen molar-refractivity contribution in [3.63, 3.8) is 0 Å². The largest absolute Gasteiger partial charge is 0.326 e. The number of hydrogen-bond acceptors (Lipinski definition) is 1. The zero-order valence-electron chi connectivity index (χ0n) is 10.3. The van der Waals surface area contributed by atoms with Crippen molar-refractivity contribution in [2.24, 2.45) is 0 Å². The summed E-state index contributed by atoms with van der Waals surface area (Å²) in [7, 11) is 0. The molecule has 0 saturated carbocycles. The average Bonchev–Trinajstić information content (AvgIpc) is 2.32. The predicted molar refractivity (Wildman–Crippen MR) is 76.7 cm³/mol. The molecular weight excluding hydrogens is 278 g/mol. The SMILES string of the molecule is CCCc1ccc(NC(=O)CCCCBr)cc1. The van der Waals surface area contributed by atoms with Crippen LogP contribution in [0.15, 0.2) is 24.3 Å². The van der Waals surface area contributed by atoms with Gasteiger partial charge in [0.2, 0.25) is 5.91 Å². The third-order valence-electron chi connectivity index (χ3n) is 2.56. The van der Waals surface area contributed by atoms with E-state index in [1.165, 1.54) is 5.56 Å². The first-order valence-electron chi connectivity index (χ1n) is 6.21. The maximum Gasteiger partial charge on any atom is 0.224 e. The van der Waals surface area contributed by atoms with Gasteiger partial charge in [-0.2, -0.15) is 0 Å². The van der Waals surface area contributed by atoms with Crippen LogP contribution in [0.1, 0.15) is 38.2 Å². The molecule has 0 spiro atoms. The summed E-state index contributed by atoms with van der Waals surface area (Å²) in [6.07, 6.45) is 4.83. The van der Waals surface area contributed by atoms with E-state index in [0.717, 1.165) is 36.7 Å². The summed E-state index contributed by atoms with van der Waals surface area (Å²) >= 11 is 3.36. The van der Waals surface area contributed by atoms with Gasteiger partial charge in [-0.15, -0.1) is 0 Å². The van der Waals surface area contributed by atoms with Gasteiger partial charge in [-0.25, -0.2) is 0 Å². The Morgan fingerprint density at radius 3 is 2.53 bits per heavy atom. The predicted octanol–water partition coefficient (Wildman–Crippen LogP) is 4.14. The Labute approximate surface area is 112 Å². The van der Waals surface area contributed by atoms with Crippen LogP contribution in [0.3, 0.4) is 0 Å². The highest BCUT2D eigenvalue weighted by atomic mass is 79.9. The lowest BCUT2D eigenvalue weighted by molar-refractivity contribution is -0.116. The van der Waals surface area contributed by atoms with Gasteiger partial charge in [-0.3, -0.25) is 4.79 Å². The quantitative estimate of drug-likeness (QED) is 0.595. The average molecular weight is 298 g/mol. The number of benzene rings is 1. The van der Waals surface area contributed by atoms with Gasteiger partial charge < -0.3 is 5.32 Å². The molecule has 1 aromatic rings. The van der Waals surface area contributed by atoms with Crippen molar-refractivity contribution < 1.29 is 4.79 Å². The third-order valence-corrected chi connectivity index (χ3v) is 3.12. The van der Waals surface area contributed by atoms with E-state index in [4.69, 9.17) is 0 Å². The molecule has 0 fully saturated rings. The Balaban J connectivity index is 2.37. The molecule has 0 aliphatic heterocycles. The number of halogens is 1. The van der Waals surface area contributed by atoms with E-state index < -0.39 is 0 Å². The van der Waals surface area contributed by atoms with Crippen LogP contribution in [-0.2, 0) is 11.2 Å². The molecule has 17 heavy (non-hydrogen) atoms. The van der Waals surface area contributed by atoms with Crippen LogP contribution in [0.5, 0.6) is 0 Å². The summed E-state index contributed by atoms with van der Waals surface area (Å²) in [5.74, 6) is 0.106. The number of amides is 1. The lowest BCUT2D eigenvalue weighted by Gasteiger charge is -2.06. The lowest BCUT2D eigenvalue weighted by atomic mass is 10.1. The molecule has 0 aromatic heterocycles. The van der Waals surface area contributed by atoms with Crippen molar-refractivity contribution >= 4 is 27.5 Å². The molecule has 0 atom stereocenters. The second-order valence-corrected chi connectivity index (χ2v) is 4.93. The highest BCUT2D eigenvalue weighted by molar-refractivity contribution is 9.09. The molecule has 0 aliphatic carbocycles. The van der Waals surface area contributed by atoms with Crippen LogP contribution in [0.25, 0.3) is 0 Å². The number of carbonyl (C=O) groups is 1. The van der Waals surface area contributed by atoms with Gasteiger partial charge in [0.1, 0.15) is 0 Å². The van der Waals surface area contributed by atoms with Gasteiger partial charge >= 0.3 is 0 Å². The molecule has 0 heterocycles. The summed E-state index contributed by atoms with van der Waals surface area (Å²) in [5.41, 5.74) is 2.22. The number of anilines is 1. The minimum Gasteiger partial charge on any atom is -0.326 e. The number of alkyl halides is 1. The van der Waals surface area contributed by atoms with Crippen LogP contribution in [0.2, 0.25) is 0 Å². The maximum atomic E-state index is 11.6. The van der Waals surface area contributed by atoms with E-state index in [0.29, 0.717) is 6.42 Å². The fourth-order valence-corrected chi connectivity index (χ4v) is 2.04. The van der Waals surface area contributed by atoms with Gasteiger partial charge in [0, 0.05) is 17.4 Å². The first-order valence-corrected chi connectivity index (χ1v) is 7.33. The summed E-state index contributed by atoms with van der Waals surface area (Å²) in [5, 5.41) is 3.88. The van der Waals surface area contributed by atoms with Crippen molar-refractivity contribution in [1.29, 1.82) is 0 Å². The standard InChI is InChI=1S/C14H20BrNO/c1-2-5-12-7-9-13(10-8-12)16-14(17)6-3-4-11-15/h7-10H,2-6,11H2,1H3,(H,16,17). The molecule has 0 unspecified atom stereocenters. The summed E-state index contributed by atoms with van der Waals surface area (Å²) in [6.45, 7) is 2.17. The van der Waals surface area contributed by atoms with E-state index in [1.54, 1.807) is 0 Å². The zero-order chi connectivity index (χ0) is 12.5. The molecule has 1 aromatic carbocycles. The Hall–Kier alpha value is -0.830. The lowest BCUT2D eigenvalue weighted by Crippen LogP contribution is -2.11. The highest BCUT2D eigenvalue weighted by Crippen LogP contribution is 2.11. The number of aryl methyl sites for hydroxylation is 1. The first kappa shape index (κ1) is 14.2. The van der Waals surface area contributed by atoms with Gasteiger partial charge in [0.15, 0.2) is 0 Å². The molecular formula is C14H20BrNO. The van der Waals surface area contributed by atoms with Crippen LogP contribution in [0.4, 0.5) is 5.69 Å². The minimum absolute atomic E-state index is 0.106. The van der Waals surface area contributed by atoms with Crippen LogP contribution in [0, 0.1) is 0 Å². The Morgan fingerprint density at radius 2 is 1.94 bits per heavy atom. The van der Waals surface area contributed by atoms with Crippen molar-refractivity contribution in [1.82, 2.24) is 0 Å². The van der Waals surface area contributed by atoms with Gasteiger partial charge in [0.25, 0.3) is 0 Å². The number of nitrogens with one attached hydrogen (secondary N) is 1. The zero-order valence-corrected chi connectivity index (χ0v) is 11.9. The number of rotatable bonds is 7. The molecule has 1 rings (SSSR count). The summed E-state index contributed by atoms with van der Waals surface area (Å²) < 4.78 is 0. The Bertz CT molecular complexity index is 335. The van der Waals surface area contributed by atoms with Crippen molar-refractivity contribution in [3.05, 3.63) is 29.8 Å².